The third-order valence-electron chi connectivity index (χ3n) is 4.13. The van der Waals surface area contributed by atoms with Crippen molar-refractivity contribution in [3.05, 3.63) is 54.9 Å². The summed E-state index contributed by atoms with van der Waals surface area (Å²) >= 11 is 1.58. The molecule has 26 heavy (non-hydrogen) atoms. The van der Waals surface area contributed by atoms with E-state index in [-0.39, 0.29) is 11.8 Å². The van der Waals surface area contributed by atoms with Crippen molar-refractivity contribution in [1.82, 2.24) is 9.55 Å². The molecule has 3 rings (SSSR count). The number of benzene rings is 2. The van der Waals surface area contributed by atoms with Gasteiger partial charge in [0.05, 0.1) is 35.0 Å². The summed E-state index contributed by atoms with van der Waals surface area (Å²) in [5, 5.41) is 12.0. The van der Waals surface area contributed by atoms with Gasteiger partial charge in [-0.05, 0) is 38.1 Å². The Morgan fingerprint density at radius 2 is 1.96 bits per heavy atom. The van der Waals surface area contributed by atoms with E-state index in [9.17, 15) is 4.79 Å². The number of carbonyl (C=O) groups is 1. The minimum absolute atomic E-state index is 0.0417. The second kappa shape index (κ2) is 8.07. The lowest BCUT2D eigenvalue weighted by Crippen LogP contribution is -2.23. The first-order valence-corrected chi connectivity index (χ1v) is 9.42. The average molecular weight is 364 g/mol. The molecule has 0 saturated carbocycles. The maximum absolute atomic E-state index is 12.8. The predicted octanol–water partition coefficient (Wildman–Crippen LogP) is 4.49. The minimum atomic E-state index is -0.390. The molecule has 1 aromatic heterocycles. The molecule has 0 aliphatic rings. The largest absolute Gasteiger partial charge is 0.323 e. The molecule has 2 atom stereocenters. The fourth-order valence-electron chi connectivity index (χ4n) is 2.60. The van der Waals surface area contributed by atoms with E-state index in [2.05, 4.69) is 16.4 Å². The number of rotatable bonds is 6. The number of thioether (sulfide) groups is 1. The molecule has 3 aromatic rings. The molecule has 1 heterocycles. The van der Waals surface area contributed by atoms with Crippen LogP contribution in [0.3, 0.4) is 0 Å². The summed E-state index contributed by atoms with van der Waals surface area (Å²) < 4.78 is 1.87. The molecule has 0 radical (unpaired) electrons. The Balaban J connectivity index is 1.77. The van der Waals surface area contributed by atoms with E-state index < -0.39 is 6.04 Å². The van der Waals surface area contributed by atoms with Crippen molar-refractivity contribution in [2.75, 3.05) is 11.1 Å². The van der Waals surface area contributed by atoms with Crippen molar-refractivity contribution < 1.29 is 4.79 Å². The van der Waals surface area contributed by atoms with Crippen LogP contribution in [0.15, 0.2) is 59.8 Å². The summed E-state index contributed by atoms with van der Waals surface area (Å²) in [7, 11) is 0. The summed E-state index contributed by atoms with van der Waals surface area (Å²) in [5.41, 5.74) is 2.57. The van der Waals surface area contributed by atoms with Gasteiger partial charge >= 0.3 is 0 Å². The van der Waals surface area contributed by atoms with E-state index in [1.807, 2.05) is 66.9 Å². The van der Waals surface area contributed by atoms with Gasteiger partial charge in [-0.25, -0.2) is 4.98 Å². The lowest BCUT2D eigenvalue weighted by atomic mass is 10.2. The molecule has 1 N–H and O–H groups in total. The van der Waals surface area contributed by atoms with Gasteiger partial charge in [0.15, 0.2) is 0 Å². The highest BCUT2D eigenvalue weighted by Gasteiger charge is 2.18. The molecule has 0 fully saturated rings. The van der Waals surface area contributed by atoms with Crippen LogP contribution in [-0.4, -0.2) is 21.2 Å². The number of hydrogen-bond donors (Lipinski definition) is 1. The molecule has 0 unspecified atom stereocenters. The Kier molecular flexibility index (Phi) is 5.59. The Morgan fingerprint density at radius 1 is 1.23 bits per heavy atom. The van der Waals surface area contributed by atoms with Crippen LogP contribution >= 0.6 is 11.8 Å². The molecule has 0 spiro atoms. The molecule has 0 aliphatic carbocycles. The van der Waals surface area contributed by atoms with Crippen LogP contribution in [0.1, 0.15) is 19.9 Å². The van der Waals surface area contributed by atoms with E-state index in [1.165, 1.54) is 0 Å². The van der Waals surface area contributed by atoms with Crippen LogP contribution < -0.4 is 5.32 Å². The van der Waals surface area contributed by atoms with Gasteiger partial charge in [-0.3, -0.25) is 4.79 Å². The van der Waals surface area contributed by atoms with Crippen molar-refractivity contribution in [3.8, 4) is 6.07 Å². The van der Waals surface area contributed by atoms with Gasteiger partial charge in [0, 0.05) is 10.6 Å². The lowest BCUT2D eigenvalue weighted by molar-refractivity contribution is -0.118. The standard InChI is InChI=1S/C20H20N4OS/c1-14(11-21)12-26-19-10-6-4-8-17(19)23-20(25)15(2)24-13-22-16-7-3-5-9-18(16)24/h3-10,13-15H,12H2,1-2H3,(H,23,25)/t14-,15+/m0/s1. The summed E-state index contributed by atoms with van der Waals surface area (Å²) in [5.74, 6) is 0.542. The van der Waals surface area contributed by atoms with Crippen molar-refractivity contribution in [2.45, 2.75) is 24.8 Å². The zero-order valence-electron chi connectivity index (χ0n) is 14.7. The second-order valence-electron chi connectivity index (χ2n) is 6.14. The molecule has 2 aromatic carbocycles. The van der Waals surface area contributed by atoms with Crippen LogP contribution in [0.4, 0.5) is 5.69 Å². The van der Waals surface area contributed by atoms with Crippen LogP contribution in [0.25, 0.3) is 11.0 Å². The number of nitrogens with one attached hydrogen (secondary N) is 1. The van der Waals surface area contributed by atoms with Crippen LogP contribution in [0.5, 0.6) is 0 Å². The van der Waals surface area contributed by atoms with E-state index >= 15 is 0 Å². The third kappa shape index (κ3) is 3.89. The van der Waals surface area contributed by atoms with E-state index in [0.29, 0.717) is 5.75 Å². The van der Waals surface area contributed by atoms with Gasteiger partial charge in [0.25, 0.3) is 0 Å². The number of fused-ring (bicyclic) bond motifs is 1. The predicted molar refractivity (Wildman–Crippen MR) is 105 cm³/mol. The first-order chi connectivity index (χ1) is 12.6. The fraction of sp³-hybridized carbons (Fsp3) is 0.250. The van der Waals surface area contributed by atoms with E-state index in [4.69, 9.17) is 5.26 Å². The van der Waals surface area contributed by atoms with Crippen molar-refractivity contribution in [3.63, 3.8) is 0 Å². The zero-order valence-corrected chi connectivity index (χ0v) is 15.5. The highest BCUT2D eigenvalue weighted by atomic mass is 32.2. The van der Waals surface area contributed by atoms with Gasteiger partial charge in [0.1, 0.15) is 6.04 Å². The molecule has 6 heteroatoms. The molecule has 5 nitrogen and oxygen atoms in total. The highest BCUT2D eigenvalue weighted by molar-refractivity contribution is 7.99. The van der Waals surface area contributed by atoms with E-state index in [1.54, 1.807) is 18.1 Å². The monoisotopic (exact) mass is 364 g/mol. The molecule has 0 saturated heterocycles. The maximum Gasteiger partial charge on any atom is 0.247 e. The lowest BCUT2D eigenvalue weighted by Gasteiger charge is -2.16. The second-order valence-corrected chi connectivity index (χ2v) is 7.20. The van der Waals surface area contributed by atoms with Crippen LogP contribution in [0, 0.1) is 17.2 Å². The number of anilines is 1. The number of imidazole rings is 1. The van der Waals surface area contributed by atoms with Gasteiger partial charge in [-0.2, -0.15) is 5.26 Å². The SMILES string of the molecule is C[C@H](C(=O)Nc1ccccc1SC[C@@H](C)C#N)n1cnc2ccccc21. The maximum atomic E-state index is 12.8. The first kappa shape index (κ1) is 18.0. The van der Waals surface area contributed by atoms with Crippen LogP contribution in [0.2, 0.25) is 0 Å². The smallest absolute Gasteiger partial charge is 0.247 e. The van der Waals surface area contributed by atoms with Gasteiger partial charge in [0.2, 0.25) is 5.91 Å². The summed E-state index contributed by atoms with van der Waals surface area (Å²) in [4.78, 5) is 18.1. The zero-order chi connectivity index (χ0) is 18.5. The summed E-state index contributed by atoms with van der Waals surface area (Å²) in [6.07, 6.45) is 1.70. The number of nitrogens with zero attached hydrogens (tertiary/aromatic N) is 3. The topological polar surface area (TPSA) is 70.7 Å². The Bertz CT molecular complexity index is 960. The number of nitriles is 1. The summed E-state index contributed by atoms with van der Waals surface area (Å²) in [6, 6.07) is 17.3. The summed E-state index contributed by atoms with van der Waals surface area (Å²) in [6.45, 7) is 3.75. The molecule has 0 aliphatic heterocycles. The highest BCUT2D eigenvalue weighted by Crippen LogP contribution is 2.29. The van der Waals surface area contributed by atoms with Crippen molar-refractivity contribution in [2.24, 2.45) is 5.92 Å². The number of aromatic nitrogens is 2. The first-order valence-electron chi connectivity index (χ1n) is 8.44. The minimum Gasteiger partial charge on any atom is -0.323 e. The third-order valence-corrected chi connectivity index (χ3v) is 5.47. The molecular formula is C20H20N4OS. The number of amides is 1. The molecule has 0 bridgehead atoms. The van der Waals surface area contributed by atoms with E-state index in [0.717, 1.165) is 21.6 Å². The number of carbonyl (C=O) groups excluding carboxylic acids is 1. The quantitative estimate of drug-likeness (QED) is 0.654. The number of hydrogen-bond acceptors (Lipinski definition) is 4. The average Bonchev–Trinajstić information content (AvgIpc) is 3.10. The van der Waals surface area contributed by atoms with Crippen molar-refractivity contribution in [1.29, 1.82) is 5.26 Å². The Hall–Kier alpha value is -2.78. The Labute approximate surface area is 157 Å². The van der Waals surface area contributed by atoms with Gasteiger partial charge in [-0.15, -0.1) is 11.8 Å². The molecular weight excluding hydrogens is 344 g/mol. The molecule has 1 amide bonds. The van der Waals surface area contributed by atoms with Gasteiger partial charge < -0.3 is 9.88 Å². The fourth-order valence-corrected chi connectivity index (χ4v) is 3.55. The van der Waals surface area contributed by atoms with Crippen molar-refractivity contribution >= 4 is 34.4 Å². The van der Waals surface area contributed by atoms with Crippen LogP contribution in [-0.2, 0) is 4.79 Å². The number of para-hydroxylation sites is 3. The normalized spacial score (nSPS) is 13.1. The Morgan fingerprint density at radius 3 is 2.77 bits per heavy atom. The van der Waals surface area contributed by atoms with Gasteiger partial charge in [-0.1, -0.05) is 24.3 Å². The molecule has 132 valence electrons.